The topological polar surface area (TPSA) is 67.2 Å². The average molecular weight is 285 g/mol. The molecule has 1 fully saturated rings. The van der Waals surface area contributed by atoms with Crippen LogP contribution in [0.15, 0.2) is 40.9 Å². The summed E-state index contributed by atoms with van der Waals surface area (Å²) >= 11 is 0. The van der Waals surface area contributed by atoms with Crippen molar-refractivity contribution in [3.63, 3.8) is 0 Å². The lowest BCUT2D eigenvalue weighted by molar-refractivity contribution is -0.125. The number of nitrogens with zero attached hydrogens (tertiary/aromatic N) is 1. The third kappa shape index (κ3) is 3.13. The highest BCUT2D eigenvalue weighted by molar-refractivity contribution is 5.79. The van der Waals surface area contributed by atoms with Crippen LogP contribution in [0.5, 0.6) is 0 Å². The second-order valence-corrected chi connectivity index (χ2v) is 5.34. The van der Waals surface area contributed by atoms with Crippen molar-refractivity contribution in [3.05, 3.63) is 42.4 Å². The normalized spacial score (nSPS) is 21.4. The molecule has 0 bridgehead atoms. The second kappa shape index (κ2) is 6.10. The summed E-state index contributed by atoms with van der Waals surface area (Å²) in [7, 11) is 0. The Balaban J connectivity index is 1.59. The lowest BCUT2D eigenvalue weighted by Gasteiger charge is -2.13. The Kier molecular flexibility index (Phi) is 4.01. The Labute approximate surface area is 123 Å². The van der Waals surface area contributed by atoms with Gasteiger partial charge >= 0.3 is 0 Å². The molecule has 110 valence electrons. The highest BCUT2D eigenvalue weighted by Gasteiger charge is 2.29. The Morgan fingerprint density at radius 2 is 2.24 bits per heavy atom. The van der Waals surface area contributed by atoms with E-state index in [4.69, 9.17) is 4.42 Å². The highest BCUT2D eigenvalue weighted by atomic mass is 16.4. The van der Waals surface area contributed by atoms with Crippen LogP contribution in [0.25, 0.3) is 11.3 Å². The minimum Gasteiger partial charge on any atom is -0.439 e. The van der Waals surface area contributed by atoms with Gasteiger partial charge in [0, 0.05) is 11.6 Å². The highest BCUT2D eigenvalue weighted by Crippen LogP contribution is 2.20. The van der Waals surface area contributed by atoms with E-state index in [9.17, 15) is 4.79 Å². The number of aromatic nitrogens is 1. The number of hydrogen-bond acceptors (Lipinski definition) is 4. The second-order valence-electron chi connectivity index (χ2n) is 5.34. The van der Waals surface area contributed by atoms with Gasteiger partial charge in [-0.15, -0.1) is 0 Å². The number of amides is 1. The zero-order valence-corrected chi connectivity index (χ0v) is 12.0. The maximum atomic E-state index is 12.1. The zero-order chi connectivity index (χ0) is 14.7. The number of carbonyl (C=O) groups excluding carboxylic acids is 1. The zero-order valence-electron chi connectivity index (χ0n) is 12.0. The van der Waals surface area contributed by atoms with Gasteiger partial charge < -0.3 is 15.1 Å². The van der Waals surface area contributed by atoms with Crippen molar-refractivity contribution in [1.82, 2.24) is 15.6 Å². The van der Waals surface area contributed by atoms with Crippen LogP contribution in [0.2, 0.25) is 0 Å². The van der Waals surface area contributed by atoms with Gasteiger partial charge in [0.15, 0.2) is 5.76 Å². The molecule has 2 unspecified atom stereocenters. The smallest absolute Gasteiger partial charge is 0.225 e. The fourth-order valence-corrected chi connectivity index (χ4v) is 2.64. The van der Waals surface area contributed by atoms with E-state index in [1.54, 1.807) is 6.20 Å². The number of nitrogens with one attached hydrogen (secondary N) is 2. The molecule has 2 N–H and O–H groups in total. The Morgan fingerprint density at radius 3 is 2.95 bits per heavy atom. The van der Waals surface area contributed by atoms with Gasteiger partial charge in [-0.05, 0) is 19.9 Å². The van der Waals surface area contributed by atoms with E-state index in [-0.39, 0.29) is 17.9 Å². The van der Waals surface area contributed by atoms with E-state index in [0.29, 0.717) is 12.4 Å². The van der Waals surface area contributed by atoms with Crippen LogP contribution in [0.3, 0.4) is 0 Å². The monoisotopic (exact) mass is 285 g/mol. The van der Waals surface area contributed by atoms with Gasteiger partial charge in [0.2, 0.25) is 11.8 Å². The van der Waals surface area contributed by atoms with Gasteiger partial charge in [0.25, 0.3) is 0 Å². The summed E-state index contributed by atoms with van der Waals surface area (Å²) in [4.78, 5) is 16.3. The molecular formula is C16H19N3O2. The summed E-state index contributed by atoms with van der Waals surface area (Å²) in [5, 5.41) is 6.18. The quantitative estimate of drug-likeness (QED) is 0.901. The number of hydrogen-bond donors (Lipinski definition) is 2. The molecule has 21 heavy (non-hydrogen) atoms. The first kappa shape index (κ1) is 13.8. The Bertz CT molecular complexity index is 609. The summed E-state index contributed by atoms with van der Waals surface area (Å²) in [6.07, 6.45) is 2.57. The maximum Gasteiger partial charge on any atom is 0.225 e. The molecule has 1 aliphatic rings. The summed E-state index contributed by atoms with van der Waals surface area (Å²) in [6.45, 7) is 3.27. The Morgan fingerprint density at radius 1 is 1.43 bits per heavy atom. The van der Waals surface area contributed by atoms with Gasteiger partial charge in [-0.2, -0.15) is 0 Å². The first-order chi connectivity index (χ1) is 10.2. The minimum atomic E-state index is 0.0357. The van der Waals surface area contributed by atoms with Crippen LogP contribution in [-0.2, 0) is 11.3 Å². The Hall–Kier alpha value is -2.14. The van der Waals surface area contributed by atoms with Crippen LogP contribution in [0.4, 0.5) is 0 Å². The van der Waals surface area contributed by atoms with Gasteiger partial charge in [0.1, 0.15) is 0 Å². The molecular weight excluding hydrogens is 266 g/mol. The molecule has 0 saturated carbocycles. The van der Waals surface area contributed by atoms with Crippen molar-refractivity contribution in [2.75, 3.05) is 6.54 Å². The van der Waals surface area contributed by atoms with Gasteiger partial charge in [0.05, 0.1) is 18.7 Å². The molecule has 0 radical (unpaired) electrons. The molecule has 1 saturated heterocycles. The number of benzene rings is 1. The van der Waals surface area contributed by atoms with E-state index in [1.807, 2.05) is 37.3 Å². The van der Waals surface area contributed by atoms with Crippen LogP contribution in [0.1, 0.15) is 19.2 Å². The minimum absolute atomic E-state index is 0.0357. The first-order valence-corrected chi connectivity index (χ1v) is 7.25. The van der Waals surface area contributed by atoms with Gasteiger partial charge in [-0.25, -0.2) is 4.98 Å². The fraction of sp³-hybridized carbons (Fsp3) is 0.375. The third-order valence-electron chi connectivity index (χ3n) is 3.89. The summed E-state index contributed by atoms with van der Waals surface area (Å²) in [5.74, 6) is 1.34. The van der Waals surface area contributed by atoms with Crippen LogP contribution in [0, 0.1) is 5.92 Å². The van der Waals surface area contributed by atoms with E-state index in [2.05, 4.69) is 15.6 Å². The molecule has 2 aromatic rings. The number of carbonyl (C=O) groups is 1. The van der Waals surface area contributed by atoms with Crippen LogP contribution >= 0.6 is 0 Å². The molecule has 0 aliphatic carbocycles. The predicted octanol–water partition coefficient (Wildman–Crippen LogP) is 1.96. The van der Waals surface area contributed by atoms with Crippen LogP contribution < -0.4 is 10.6 Å². The molecule has 3 rings (SSSR count). The lowest BCUT2D eigenvalue weighted by Crippen LogP contribution is -2.36. The van der Waals surface area contributed by atoms with Crippen molar-refractivity contribution in [3.8, 4) is 11.3 Å². The lowest BCUT2D eigenvalue weighted by atomic mass is 10.0. The maximum absolute atomic E-state index is 12.1. The molecule has 2 heterocycles. The molecule has 1 aromatic carbocycles. The molecule has 5 nitrogen and oxygen atoms in total. The van der Waals surface area contributed by atoms with Crippen molar-refractivity contribution < 1.29 is 9.21 Å². The van der Waals surface area contributed by atoms with Gasteiger partial charge in [-0.3, -0.25) is 4.79 Å². The van der Waals surface area contributed by atoms with E-state index in [1.165, 1.54) is 0 Å². The van der Waals surface area contributed by atoms with Crippen molar-refractivity contribution in [2.45, 2.75) is 25.9 Å². The van der Waals surface area contributed by atoms with Crippen molar-refractivity contribution in [1.29, 1.82) is 0 Å². The number of oxazole rings is 1. The van der Waals surface area contributed by atoms with E-state index < -0.39 is 0 Å². The van der Waals surface area contributed by atoms with E-state index in [0.717, 1.165) is 24.3 Å². The molecule has 5 heteroatoms. The average Bonchev–Trinajstić information content (AvgIpc) is 3.15. The standard InChI is InChI=1S/C16H19N3O2/c1-11-13(7-8-17-11)16(20)19-10-15-18-9-14(21-15)12-5-3-2-4-6-12/h2-6,9,11,13,17H,7-8,10H2,1H3,(H,19,20). The molecule has 0 spiro atoms. The predicted molar refractivity (Wildman–Crippen MR) is 79.4 cm³/mol. The van der Waals surface area contributed by atoms with E-state index >= 15 is 0 Å². The summed E-state index contributed by atoms with van der Waals surface area (Å²) < 4.78 is 5.67. The van der Waals surface area contributed by atoms with Gasteiger partial charge in [-0.1, -0.05) is 30.3 Å². The molecule has 1 aromatic heterocycles. The van der Waals surface area contributed by atoms with Crippen LogP contribution in [-0.4, -0.2) is 23.5 Å². The molecule has 2 atom stereocenters. The van der Waals surface area contributed by atoms with Crippen molar-refractivity contribution >= 4 is 5.91 Å². The largest absolute Gasteiger partial charge is 0.439 e. The third-order valence-corrected chi connectivity index (χ3v) is 3.89. The summed E-state index contributed by atoms with van der Waals surface area (Å²) in [5.41, 5.74) is 0.983. The molecule has 1 aliphatic heterocycles. The SMILES string of the molecule is CC1NCCC1C(=O)NCc1ncc(-c2ccccc2)o1. The number of rotatable bonds is 4. The fourth-order valence-electron chi connectivity index (χ4n) is 2.64. The van der Waals surface area contributed by atoms with Crippen molar-refractivity contribution in [2.24, 2.45) is 5.92 Å². The molecule has 1 amide bonds. The first-order valence-electron chi connectivity index (χ1n) is 7.25. The summed E-state index contributed by atoms with van der Waals surface area (Å²) in [6, 6.07) is 10.0.